The van der Waals surface area contributed by atoms with Crippen LogP contribution < -0.4 is 5.73 Å². The van der Waals surface area contributed by atoms with Gasteiger partial charge in [-0.2, -0.15) is 0 Å². The Balaban J connectivity index is 2.42. The minimum atomic E-state index is -0.817. The average Bonchev–Trinajstić information content (AvgIpc) is 2.16. The highest BCUT2D eigenvalue weighted by atomic mass is 79.9. The molecule has 1 rings (SSSR count). The van der Waals surface area contributed by atoms with Crippen molar-refractivity contribution in [1.82, 2.24) is 0 Å². The van der Waals surface area contributed by atoms with E-state index in [0.717, 1.165) is 19.3 Å². The summed E-state index contributed by atoms with van der Waals surface area (Å²) in [6.07, 6.45) is 3.09. The molecule has 1 aliphatic carbocycles. The minimum absolute atomic E-state index is 0.0576. The number of hydrogen-bond donors (Lipinski definition) is 2. The summed E-state index contributed by atoms with van der Waals surface area (Å²) < 4.78 is 5.31. The standard InChI is InChI=1S/C10H18BrNO3/c1-15-9-3-2-6(4-7(9)11)8(12)5-10(13)14/h6-9H,2-5,12H2,1H3,(H,13,14). The van der Waals surface area contributed by atoms with Crippen molar-refractivity contribution >= 4 is 21.9 Å². The molecule has 1 aliphatic rings. The van der Waals surface area contributed by atoms with E-state index in [1.165, 1.54) is 0 Å². The average molecular weight is 280 g/mol. The van der Waals surface area contributed by atoms with E-state index in [1.807, 2.05) is 0 Å². The Kier molecular flexibility index (Phi) is 5.02. The maximum atomic E-state index is 10.5. The van der Waals surface area contributed by atoms with E-state index in [2.05, 4.69) is 15.9 Å². The van der Waals surface area contributed by atoms with Gasteiger partial charge in [-0.25, -0.2) is 0 Å². The van der Waals surface area contributed by atoms with Crippen LogP contribution in [0.2, 0.25) is 0 Å². The van der Waals surface area contributed by atoms with Crippen molar-refractivity contribution in [2.45, 2.75) is 42.7 Å². The van der Waals surface area contributed by atoms with Gasteiger partial charge in [0.05, 0.1) is 12.5 Å². The lowest BCUT2D eigenvalue weighted by Crippen LogP contribution is -2.40. The number of alkyl halides is 1. The molecule has 1 fully saturated rings. The van der Waals surface area contributed by atoms with Crippen molar-refractivity contribution in [3.63, 3.8) is 0 Å². The van der Waals surface area contributed by atoms with Gasteiger partial charge in [0.1, 0.15) is 0 Å². The van der Waals surface area contributed by atoms with Crippen LogP contribution in [0.1, 0.15) is 25.7 Å². The first kappa shape index (κ1) is 12.9. The number of carbonyl (C=O) groups is 1. The van der Waals surface area contributed by atoms with Crippen LogP contribution in [0.25, 0.3) is 0 Å². The molecular formula is C10H18BrNO3. The molecule has 0 aliphatic heterocycles. The summed E-state index contributed by atoms with van der Waals surface area (Å²) >= 11 is 3.56. The van der Waals surface area contributed by atoms with Crippen LogP contribution in [0.4, 0.5) is 0 Å². The zero-order chi connectivity index (χ0) is 11.4. The number of hydrogen-bond acceptors (Lipinski definition) is 3. The third-order valence-corrected chi connectivity index (χ3v) is 4.04. The predicted octanol–water partition coefficient (Wildman–Crippen LogP) is 1.37. The van der Waals surface area contributed by atoms with Crippen molar-refractivity contribution in [2.75, 3.05) is 7.11 Å². The molecule has 0 radical (unpaired) electrons. The van der Waals surface area contributed by atoms with Gasteiger partial charge in [0.15, 0.2) is 0 Å². The Bertz CT molecular complexity index is 225. The van der Waals surface area contributed by atoms with Crippen LogP contribution in [-0.2, 0) is 9.53 Å². The van der Waals surface area contributed by atoms with Gasteiger partial charge >= 0.3 is 5.97 Å². The summed E-state index contributed by atoms with van der Waals surface area (Å²) in [5.74, 6) is -0.528. The van der Waals surface area contributed by atoms with Gasteiger partial charge in [0, 0.05) is 18.0 Å². The van der Waals surface area contributed by atoms with Gasteiger partial charge in [-0.1, -0.05) is 15.9 Å². The number of carboxylic acids is 1. The molecule has 0 aromatic rings. The normalized spacial score (nSPS) is 33.7. The quantitative estimate of drug-likeness (QED) is 0.763. The van der Waals surface area contributed by atoms with Crippen LogP contribution in [-0.4, -0.2) is 35.2 Å². The topological polar surface area (TPSA) is 72.5 Å². The summed E-state index contributed by atoms with van der Waals surface area (Å²) in [5.41, 5.74) is 5.86. The molecular weight excluding hydrogens is 262 g/mol. The lowest BCUT2D eigenvalue weighted by atomic mass is 9.81. The van der Waals surface area contributed by atoms with Gasteiger partial charge in [0.25, 0.3) is 0 Å². The number of carboxylic acid groups (broad SMARTS) is 1. The van der Waals surface area contributed by atoms with E-state index in [-0.39, 0.29) is 24.5 Å². The lowest BCUT2D eigenvalue weighted by molar-refractivity contribution is -0.137. The molecule has 4 atom stereocenters. The zero-order valence-electron chi connectivity index (χ0n) is 8.86. The molecule has 1 saturated carbocycles. The molecule has 4 unspecified atom stereocenters. The van der Waals surface area contributed by atoms with Crippen molar-refractivity contribution in [2.24, 2.45) is 11.7 Å². The first-order valence-electron chi connectivity index (χ1n) is 5.18. The molecule has 4 nitrogen and oxygen atoms in total. The van der Waals surface area contributed by atoms with Crippen LogP contribution in [0.5, 0.6) is 0 Å². The minimum Gasteiger partial charge on any atom is -0.481 e. The molecule has 0 bridgehead atoms. The van der Waals surface area contributed by atoms with E-state index in [1.54, 1.807) is 7.11 Å². The largest absolute Gasteiger partial charge is 0.481 e. The Morgan fingerprint density at radius 3 is 2.80 bits per heavy atom. The highest BCUT2D eigenvalue weighted by molar-refractivity contribution is 9.09. The summed E-state index contributed by atoms with van der Waals surface area (Å²) in [5, 5.41) is 8.66. The second-order valence-electron chi connectivity index (χ2n) is 4.12. The summed E-state index contributed by atoms with van der Waals surface area (Å²) in [7, 11) is 1.70. The van der Waals surface area contributed by atoms with Crippen molar-refractivity contribution in [3.8, 4) is 0 Å². The smallest absolute Gasteiger partial charge is 0.304 e. The number of aliphatic carboxylic acids is 1. The Morgan fingerprint density at radius 1 is 1.67 bits per heavy atom. The first-order valence-corrected chi connectivity index (χ1v) is 6.10. The lowest BCUT2D eigenvalue weighted by Gasteiger charge is -2.34. The van der Waals surface area contributed by atoms with Crippen molar-refractivity contribution in [1.29, 1.82) is 0 Å². The van der Waals surface area contributed by atoms with Crippen molar-refractivity contribution in [3.05, 3.63) is 0 Å². The first-order chi connectivity index (χ1) is 7.04. The number of methoxy groups -OCH3 is 1. The fraction of sp³-hybridized carbons (Fsp3) is 0.900. The molecule has 3 N–H and O–H groups in total. The number of halogens is 1. The Hall–Kier alpha value is -0.130. The molecule has 0 aromatic heterocycles. The van der Waals surface area contributed by atoms with E-state index in [0.29, 0.717) is 4.83 Å². The van der Waals surface area contributed by atoms with Gasteiger partial charge < -0.3 is 15.6 Å². The van der Waals surface area contributed by atoms with Crippen LogP contribution in [0.3, 0.4) is 0 Å². The van der Waals surface area contributed by atoms with E-state index in [4.69, 9.17) is 15.6 Å². The maximum Gasteiger partial charge on any atom is 0.304 e. The fourth-order valence-corrected chi connectivity index (χ4v) is 3.10. The molecule has 15 heavy (non-hydrogen) atoms. The highest BCUT2D eigenvalue weighted by Crippen LogP contribution is 2.33. The molecule has 0 amide bonds. The highest BCUT2D eigenvalue weighted by Gasteiger charge is 2.32. The number of ether oxygens (including phenoxy) is 1. The third-order valence-electron chi connectivity index (χ3n) is 3.07. The second kappa shape index (κ2) is 5.82. The SMILES string of the molecule is COC1CCC(C(N)CC(=O)O)CC1Br. The Labute approximate surface area is 98.3 Å². The van der Waals surface area contributed by atoms with Gasteiger partial charge in [-0.05, 0) is 25.2 Å². The van der Waals surface area contributed by atoms with Gasteiger partial charge in [-0.15, -0.1) is 0 Å². The third kappa shape index (κ3) is 3.74. The van der Waals surface area contributed by atoms with E-state index in [9.17, 15) is 4.79 Å². The van der Waals surface area contributed by atoms with Crippen LogP contribution in [0, 0.1) is 5.92 Å². The van der Waals surface area contributed by atoms with Crippen LogP contribution in [0.15, 0.2) is 0 Å². The molecule has 0 heterocycles. The van der Waals surface area contributed by atoms with Gasteiger partial charge in [-0.3, -0.25) is 4.79 Å². The molecule has 0 saturated heterocycles. The zero-order valence-corrected chi connectivity index (χ0v) is 10.4. The van der Waals surface area contributed by atoms with Gasteiger partial charge in [0.2, 0.25) is 0 Å². The number of nitrogens with two attached hydrogens (primary N) is 1. The summed E-state index contributed by atoms with van der Waals surface area (Å²) in [6.45, 7) is 0. The summed E-state index contributed by atoms with van der Waals surface area (Å²) in [6, 6.07) is -0.236. The Morgan fingerprint density at radius 2 is 2.33 bits per heavy atom. The monoisotopic (exact) mass is 279 g/mol. The fourth-order valence-electron chi connectivity index (χ4n) is 2.14. The van der Waals surface area contributed by atoms with Crippen molar-refractivity contribution < 1.29 is 14.6 Å². The molecule has 0 spiro atoms. The van der Waals surface area contributed by atoms with Crippen LogP contribution >= 0.6 is 15.9 Å². The predicted molar refractivity (Wildman–Crippen MR) is 61.1 cm³/mol. The van der Waals surface area contributed by atoms with E-state index < -0.39 is 5.97 Å². The molecule has 0 aromatic carbocycles. The molecule has 5 heteroatoms. The molecule has 88 valence electrons. The second-order valence-corrected chi connectivity index (χ2v) is 5.30. The number of rotatable bonds is 4. The van der Waals surface area contributed by atoms with E-state index >= 15 is 0 Å². The maximum absolute atomic E-state index is 10.5. The summed E-state index contributed by atoms with van der Waals surface area (Å²) in [4.78, 5) is 10.8.